The average Bonchev–Trinajstić information content (AvgIpc) is 3.27. The molecule has 3 aromatic rings. The van der Waals surface area contributed by atoms with Crippen LogP contribution in [0.1, 0.15) is 91.6 Å². The summed E-state index contributed by atoms with van der Waals surface area (Å²) in [6.45, 7) is 12.5. The first kappa shape index (κ1) is 28.6. The van der Waals surface area contributed by atoms with E-state index in [0.717, 1.165) is 54.3 Å². The molecule has 0 saturated heterocycles. The maximum Gasteiger partial charge on any atom is 0.251 e. The molecule has 1 atom stereocenters. The van der Waals surface area contributed by atoms with E-state index in [1.807, 2.05) is 35.9 Å². The fourth-order valence-corrected chi connectivity index (χ4v) is 4.83. The minimum Gasteiger partial charge on any atom is -0.383 e. The molecule has 6 heteroatoms. The maximum absolute atomic E-state index is 12.8. The zero-order valence-corrected chi connectivity index (χ0v) is 23.4. The summed E-state index contributed by atoms with van der Waals surface area (Å²) < 4.78 is 7.03. The van der Waals surface area contributed by atoms with E-state index in [1.165, 1.54) is 5.56 Å². The van der Waals surface area contributed by atoms with E-state index in [1.54, 1.807) is 7.11 Å². The molecular formula is C31H43N3O3. The normalized spacial score (nSPS) is 12.6. The van der Waals surface area contributed by atoms with Gasteiger partial charge in [0, 0.05) is 49.3 Å². The molecule has 1 unspecified atom stereocenters. The van der Waals surface area contributed by atoms with E-state index < -0.39 is 0 Å². The van der Waals surface area contributed by atoms with Crippen LogP contribution in [-0.4, -0.2) is 41.7 Å². The number of fused-ring (bicyclic) bond motifs is 1. The van der Waals surface area contributed by atoms with Gasteiger partial charge in [0.25, 0.3) is 5.91 Å². The first-order chi connectivity index (χ1) is 17.6. The van der Waals surface area contributed by atoms with Crippen LogP contribution < -0.4 is 5.32 Å². The molecule has 0 aliphatic heterocycles. The molecular weight excluding hydrogens is 462 g/mol. The molecule has 0 bridgehead atoms. The van der Waals surface area contributed by atoms with E-state index in [2.05, 4.69) is 51.3 Å². The highest BCUT2D eigenvalue weighted by Crippen LogP contribution is 2.25. The summed E-state index contributed by atoms with van der Waals surface area (Å²) >= 11 is 0. The number of nitrogens with zero attached hydrogens (tertiary/aromatic N) is 2. The molecule has 0 aliphatic carbocycles. The molecule has 0 aliphatic rings. The monoisotopic (exact) mass is 505 g/mol. The molecule has 3 rings (SSSR count). The molecule has 200 valence electrons. The molecule has 37 heavy (non-hydrogen) atoms. The fraction of sp³-hybridized carbons (Fsp3) is 0.516. The molecule has 0 fully saturated rings. The molecule has 1 aromatic heterocycles. The van der Waals surface area contributed by atoms with Crippen LogP contribution >= 0.6 is 0 Å². The number of rotatable bonds is 13. The van der Waals surface area contributed by atoms with Crippen molar-refractivity contribution in [1.82, 2.24) is 15.1 Å². The van der Waals surface area contributed by atoms with Crippen LogP contribution in [0.5, 0.6) is 0 Å². The topological polar surface area (TPSA) is 73.2 Å². The van der Waals surface area contributed by atoms with Crippen LogP contribution in [0.3, 0.4) is 0 Å². The number of amides is 1. The van der Waals surface area contributed by atoms with Crippen molar-refractivity contribution in [2.45, 2.75) is 78.7 Å². The molecule has 1 heterocycles. The molecule has 1 amide bonds. The van der Waals surface area contributed by atoms with Crippen LogP contribution in [0.15, 0.2) is 42.6 Å². The van der Waals surface area contributed by atoms with Crippen molar-refractivity contribution < 1.29 is 14.3 Å². The lowest BCUT2D eigenvalue weighted by Crippen LogP contribution is -2.27. The predicted octanol–water partition coefficient (Wildman–Crippen LogP) is 6.49. The lowest BCUT2D eigenvalue weighted by Gasteiger charge is -2.19. The summed E-state index contributed by atoms with van der Waals surface area (Å²) in [7, 11) is 1.62. The first-order valence-corrected chi connectivity index (χ1v) is 13.5. The average molecular weight is 506 g/mol. The second kappa shape index (κ2) is 13.0. The second-order valence-electron chi connectivity index (χ2n) is 11.1. The minimum absolute atomic E-state index is 0.0862. The summed E-state index contributed by atoms with van der Waals surface area (Å²) in [6, 6.07) is 11.9. The number of benzene rings is 2. The Balaban J connectivity index is 1.61. The quantitative estimate of drug-likeness (QED) is 0.213. The molecule has 6 nitrogen and oxygen atoms in total. The number of ketones is 1. The number of aromatic nitrogens is 2. The number of Topliss-reactive ketones (excluding diaryl/α,β-unsaturated/α-hetero) is 1. The Morgan fingerprint density at radius 3 is 2.46 bits per heavy atom. The Labute approximate surface area is 221 Å². The van der Waals surface area contributed by atoms with Crippen molar-refractivity contribution in [2.75, 3.05) is 20.3 Å². The van der Waals surface area contributed by atoms with Crippen molar-refractivity contribution in [2.24, 2.45) is 5.92 Å². The minimum atomic E-state index is -0.0919. The van der Waals surface area contributed by atoms with Gasteiger partial charge in [-0.15, -0.1) is 0 Å². The number of carbonyl (C=O) groups is 2. The smallest absolute Gasteiger partial charge is 0.251 e. The third-order valence-electron chi connectivity index (χ3n) is 7.07. The van der Waals surface area contributed by atoms with Crippen molar-refractivity contribution in [3.63, 3.8) is 0 Å². The largest absolute Gasteiger partial charge is 0.383 e. The molecule has 0 radical (unpaired) electrons. The van der Waals surface area contributed by atoms with E-state index in [9.17, 15) is 9.59 Å². The SMILES string of the molecule is CCCC(CCCC(=O)c1ccc(C(C)(C)C)cc1)Cn1cc2c(C)c(C(=O)NCCOC)ccc2n1. The van der Waals surface area contributed by atoms with Gasteiger partial charge in [-0.2, -0.15) is 5.10 Å². The molecule has 0 spiro atoms. The van der Waals surface area contributed by atoms with Gasteiger partial charge >= 0.3 is 0 Å². The third-order valence-corrected chi connectivity index (χ3v) is 7.07. The van der Waals surface area contributed by atoms with Crippen molar-refractivity contribution in [3.8, 4) is 0 Å². The van der Waals surface area contributed by atoms with Gasteiger partial charge in [0.1, 0.15) is 0 Å². The molecule has 0 saturated carbocycles. The molecule has 1 N–H and O–H groups in total. The third kappa shape index (κ3) is 7.75. The van der Waals surface area contributed by atoms with Crippen LogP contribution in [-0.2, 0) is 16.7 Å². The second-order valence-corrected chi connectivity index (χ2v) is 11.1. The Hall–Kier alpha value is -2.99. The number of methoxy groups -OCH3 is 1. The van der Waals surface area contributed by atoms with E-state index in [-0.39, 0.29) is 17.1 Å². The summed E-state index contributed by atoms with van der Waals surface area (Å²) in [6.07, 6.45) is 6.67. The van der Waals surface area contributed by atoms with Crippen molar-refractivity contribution >= 4 is 22.6 Å². The van der Waals surface area contributed by atoms with Crippen LogP contribution in [0, 0.1) is 12.8 Å². The predicted molar refractivity (Wildman–Crippen MR) is 150 cm³/mol. The highest BCUT2D eigenvalue weighted by molar-refractivity contribution is 6.00. The summed E-state index contributed by atoms with van der Waals surface area (Å²) in [5.74, 6) is 0.575. The van der Waals surface area contributed by atoms with Gasteiger partial charge in [-0.3, -0.25) is 14.3 Å². The van der Waals surface area contributed by atoms with Crippen LogP contribution in [0.2, 0.25) is 0 Å². The van der Waals surface area contributed by atoms with E-state index >= 15 is 0 Å². The standard InChI is InChI=1S/C31H43N3O3/c1-7-9-23(10-8-11-29(35)24-12-14-25(15-13-24)31(3,4)5)20-34-21-27-22(2)26(16-17-28(27)33-34)30(36)32-18-19-37-6/h12-17,21,23H,7-11,18-20H2,1-6H3,(H,32,36). The Morgan fingerprint density at radius 1 is 1.08 bits per heavy atom. The van der Waals surface area contributed by atoms with Gasteiger partial charge in [0.15, 0.2) is 5.78 Å². The number of aryl methyl sites for hydroxylation is 1. The highest BCUT2D eigenvalue weighted by atomic mass is 16.5. The zero-order valence-electron chi connectivity index (χ0n) is 23.4. The van der Waals surface area contributed by atoms with Crippen LogP contribution in [0.4, 0.5) is 0 Å². The van der Waals surface area contributed by atoms with Crippen LogP contribution in [0.25, 0.3) is 10.9 Å². The Bertz CT molecular complexity index is 1190. The first-order valence-electron chi connectivity index (χ1n) is 13.5. The number of ether oxygens (including phenoxy) is 1. The molecule has 2 aromatic carbocycles. The van der Waals surface area contributed by atoms with Gasteiger partial charge in [-0.05, 0) is 60.8 Å². The number of carbonyl (C=O) groups excluding carboxylic acids is 2. The number of hydrogen-bond acceptors (Lipinski definition) is 4. The summed E-state index contributed by atoms with van der Waals surface area (Å²) in [4.78, 5) is 25.3. The zero-order chi connectivity index (χ0) is 27.0. The number of nitrogens with one attached hydrogen (secondary N) is 1. The van der Waals surface area contributed by atoms with E-state index in [0.29, 0.717) is 31.1 Å². The Kier molecular flexibility index (Phi) is 10.0. The number of hydrogen-bond donors (Lipinski definition) is 1. The lowest BCUT2D eigenvalue weighted by atomic mass is 9.86. The van der Waals surface area contributed by atoms with Crippen molar-refractivity contribution in [3.05, 3.63) is 64.8 Å². The Morgan fingerprint density at radius 2 is 1.81 bits per heavy atom. The maximum atomic E-state index is 12.8. The van der Waals surface area contributed by atoms with E-state index in [4.69, 9.17) is 9.84 Å². The summed E-state index contributed by atoms with van der Waals surface area (Å²) in [5.41, 5.74) is 4.64. The lowest BCUT2D eigenvalue weighted by molar-refractivity contribution is 0.0935. The van der Waals surface area contributed by atoms with Gasteiger partial charge < -0.3 is 10.1 Å². The fourth-order valence-electron chi connectivity index (χ4n) is 4.83. The van der Waals surface area contributed by atoms with Gasteiger partial charge in [0.2, 0.25) is 0 Å². The van der Waals surface area contributed by atoms with Crippen molar-refractivity contribution in [1.29, 1.82) is 0 Å². The van der Waals surface area contributed by atoms with Gasteiger partial charge in [0.05, 0.1) is 12.1 Å². The van der Waals surface area contributed by atoms with Gasteiger partial charge in [-0.25, -0.2) is 0 Å². The highest BCUT2D eigenvalue weighted by Gasteiger charge is 2.17. The summed E-state index contributed by atoms with van der Waals surface area (Å²) in [5, 5.41) is 8.69. The van der Waals surface area contributed by atoms with Gasteiger partial charge in [-0.1, -0.05) is 58.4 Å².